The molecule has 0 amide bonds. The first-order valence-corrected chi connectivity index (χ1v) is 6.61. The Morgan fingerprint density at radius 2 is 2.25 bits per heavy atom. The van der Waals surface area contributed by atoms with Crippen molar-refractivity contribution in [3.63, 3.8) is 0 Å². The van der Waals surface area contributed by atoms with Gasteiger partial charge in [0, 0.05) is 6.54 Å². The minimum atomic E-state index is 0.0330. The number of rotatable bonds is 5. The van der Waals surface area contributed by atoms with Crippen molar-refractivity contribution >= 4 is 0 Å². The van der Waals surface area contributed by atoms with E-state index in [2.05, 4.69) is 30.1 Å². The Hall–Kier alpha value is -0.590. The van der Waals surface area contributed by atoms with Crippen LogP contribution in [-0.2, 0) is 0 Å². The van der Waals surface area contributed by atoms with Crippen molar-refractivity contribution in [1.82, 2.24) is 10.2 Å². The van der Waals surface area contributed by atoms with Gasteiger partial charge in [-0.1, -0.05) is 13.8 Å². The molecular formula is C13H25N3. The first-order chi connectivity index (χ1) is 7.76. The molecule has 0 aliphatic carbocycles. The van der Waals surface area contributed by atoms with Crippen LogP contribution in [0, 0.1) is 17.2 Å². The normalized spacial score (nSPS) is 24.7. The summed E-state index contributed by atoms with van der Waals surface area (Å²) in [5.74, 6) is 0.880. The van der Waals surface area contributed by atoms with Crippen molar-refractivity contribution < 1.29 is 0 Å². The molecule has 0 bridgehead atoms. The van der Waals surface area contributed by atoms with Crippen molar-refractivity contribution in [3.8, 4) is 6.07 Å². The molecule has 92 valence electrons. The second-order valence-corrected chi connectivity index (χ2v) is 4.91. The van der Waals surface area contributed by atoms with Crippen LogP contribution < -0.4 is 5.32 Å². The summed E-state index contributed by atoms with van der Waals surface area (Å²) >= 11 is 0. The van der Waals surface area contributed by atoms with Gasteiger partial charge in [0.25, 0.3) is 0 Å². The predicted molar refractivity (Wildman–Crippen MR) is 67.1 cm³/mol. The Morgan fingerprint density at radius 1 is 1.44 bits per heavy atom. The van der Waals surface area contributed by atoms with E-state index >= 15 is 0 Å². The van der Waals surface area contributed by atoms with Gasteiger partial charge >= 0.3 is 0 Å². The van der Waals surface area contributed by atoms with Gasteiger partial charge in [-0.15, -0.1) is 0 Å². The van der Waals surface area contributed by atoms with E-state index in [0.717, 1.165) is 25.4 Å². The second-order valence-electron chi connectivity index (χ2n) is 4.91. The van der Waals surface area contributed by atoms with Crippen LogP contribution >= 0.6 is 0 Å². The van der Waals surface area contributed by atoms with E-state index in [-0.39, 0.29) is 6.04 Å². The minimum absolute atomic E-state index is 0.0330. The molecule has 0 aromatic rings. The fourth-order valence-corrected chi connectivity index (χ4v) is 2.32. The maximum absolute atomic E-state index is 8.95. The molecule has 0 saturated carbocycles. The fourth-order valence-electron chi connectivity index (χ4n) is 2.32. The van der Waals surface area contributed by atoms with Crippen LogP contribution in [0.3, 0.4) is 0 Å². The van der Waals surface area contributed by atoms with E-state index < -0.39 is 0 Å². The Balaban J connectivity index is 2.23. The van der Waals surface area contributed by atoms with Crippen LogP contribution in [-0.4, -0.2) is 37.1 Å². The zero-order valence-electron chi connectivity index (χ0n) is 10.7. The lowest BCUT2D eigenvalue weighted by Crippen LogP contribution is -2.34. The van der Waals surface area contributed by atoms with Crippen LogP contribution in [0.25, 0.3) is 0 Å². The molecule has 0 radical (unpaired) electrons. The van der Waals surface area contributed by atoms with Crippen LogP contribution in [0.15, 0.2) is 0 Å². The summed E-state index contributed by atoms with van der Waals surface area (Å²) in [6.07, 6.45) is 4.96. The average Bonchev–Trinajstić information content (AvgIpc) is 2.49. The van der Waals surface area contributed by atoms with Crippen molar-refractivity contribution in [1.29, 1.82) is 5.26 Å². The van der Waals surface area contributed by atoms with Gasteiger partial charge < -0.3 is 10.2 Å². The lowest BCUT2D eigenvalue weighted by molar-refractivity contribution is 0.271. The molecule has 1 heterocycles. The van der Waals surface area contributed by atoms with Crippen molar-refractivity contribution in [2.24, 2.45) is 5.92 Å². The van der Waals surface area contributed by atoms with Crippen LogP contribution in [0.5, 0.6) is 0 Å². The number of likely N-dealkylation sites (tertiary alicyclic amines) is 1. The Bertz CT molecular complexity index is 222. The average molecular weight is 223 g/mol. The first-order valence-electron chi connectivity index (χ1n) is 6.61. The molecule has 1 aliphatic heterocycles. The second kappa shape index (κ2) is 7.65. The zero-order chi connectivity index (χ0) is 11.8. The third-order valence-corrected chi connectivity index (χ3v) is 3.45. The van der Waals surface area contributed by atoms with Gasteiger partial charge in [0.05, 0.1) is 12.1 Å². The summed E-state index contributed by atoms with van der Waals surface area (Å²) in [4.78, 5) is 2.52. The number of hydrogen-bond acceptors (Lipinski definition) is 3. The van der Waals surface area contributed by atoms with E-state index in [4.69, 9.17) is 5.26 Å². The highest BCUT2D eigenvalue weighted by Gasteiger charge is 2.14. The molecule has 1 fully saturated rings. The number of nitrogens with one attached hydrogen (secondary N) is 1. The zero-order valence-corrected chi connectivity index (χ0v) is 10.7. The molecule has 2 atom stereocenters. The maximum Gasteiger partial charge on any atom is 0.0965 e. The molecule has 0 spiro atoms. The highest BCUT2D eigenvalue weighted by Crippen LogP contribution is 2.16. The molecule has 1 rings (SSSR count). The van der Waals surface area contributed by atoms with Crippen LogP contribution in [0.1, 0.15) is 39.5 Å². The van der Waals surface area contributed by atoms with Crippen molar-refractivity contribution in [2.75, 3.05) is 26.2 Å². The lowest BCUT2D eigenvalue weighted by atomic mass is 10.0. The third kappa shape index (κ3) is 4.96. The minimum Gasteiger partial charge on any atom is -0.303 e. The Labute approximate surface area is 99.8 Å². The largest absolute Gasteiger partial charge is 0.303 e. The van der Waals surface area contributed by atoms with Crippen LogP contribution in [0.4, 0.5) is 0 Å². The summed E-state index contributed by atoms with van der Waals surface area (Å²) in [5.41, 5.74) is 0. The molecule has 1 saturated heterocycles. The van der Waals surface area contributed by atoms with E-state index in [1.807, 2.05) is 0 Å². The molecule has 0 aromatic heterocycles. The molecule has 1 N–H and O–H groups in total. The first kappa shape index (κ1) is 13.5. The summed E-state index contributed by atoms with van der Waals surface area (Å²) in [5, 5.41) is 12.2. The van der Waals surface area contributed by atoms with Crippen molar-refractivity contribution in [3.05, 3.63) is 0 Å². The highest BCUT2D eigenvalue weighted by molar-refractivity contribution is 4.89. The van der Waals surface area contributed by atoms with E-state index in [1.165, 1.54) is 32.4 Å². The monoisotopic (exact) mass is 223 g/mol. The third-order valence-electron chi connectivity index (χ3n) is 3.45. The molecule has 2 unspecified atom stereocenters. The standard InChI is InChI=1S/C13H25N3/c1-3-15-13(11-14)7-10-16-8-4-5-12(2)6-9-16/h12-13,15H,3-10H2,1-2H3. The van der Waals surface area contributed by atoms with Crippen molar-refractivity contribution in [2.45, 2.75) is 45.6 Å². The van der Waals surface area contributed by atoms with Gasteiger partial charge in [-0.05, 0) is 51.2 Å². The molecular weight excluding hydrogens is 198 g/mol. The quantitative estimate of drug-likeness (QED) is 0.775. The van der Waals surface area contributed by atoms with E-state index in [1.54, 1.807) is 0 Å². The molecule has 3 nitrogen and oxygen atoms in total. The summed E-state index contributed by atoms with van der Waals surface area (Å²) < 4.78 is 0. The number of nitrogens with zero attached hydrogens (tertiary/aromatic N) is 2. The van der Waals surface area contributed by atoms with E-state index in [9.17, 15) is 0 Å². The van der Waals surface area contributed by atoms with Gasteiger partial charge in [-0.25, -0.2) is 0 Å². The van der Waals surface area contributed by atoms with Gasteiger partial charge in [-0.3, -0.25) is 0 Å². The topological polar surface area (TPSA) is 39.1 Å². The molecule has 3 heteroatoms. The molecule has 1 aliphatic rings. The van der Waals surface area contributed by atoms with E-state index in [0.29, 0.717) is 0 Å². The summed E-state index contributed by atoms with van der Waals surface area (Å²) in [6, 6.07) is 2.36. The van der Waals surface area contributed by atoms with Gasteiger partial charge in [0.1, 0.15) is 0 Å². The van der Waals surface area contributed by atoms with Gasteiger partial charge in [0.15, 0.2) is 0 Å². The smallest absolute Gasteiger partial charge is 0.0965 e. The van der Waals surface area contributed by atoms with Crippen LogP contribution in [0.2, 0.25) is 0 Å². The number of nitriles is 1. The SMILES string of the molecule is CCNC(C#N)CCN1CCCC(C)CC1. The fraction of sp³-hybridized carbons (Fsp3) is 0.923. The summed E-state index contributed by atoms with van der Waals surface area (Å²) in [7, 11) is 0. The summed E-state index contributed by atoms with van der Waals surface area (Å²) in [6.45, 7) is 8.78. The number of hydrogen-bond donors (Lipinski definition) is 1. The molecule has 0 aromatic carbocycles. The highest BCUT2D eigenvalue weighted by atomic mass is 15.1. The Morgan fingerprint density at radius 3 is 2.94 bits per heavy atom. The lowest BCUT2D eigenvalue weighted by Gasteiger charge is -2.21. The Kier molecular flexibility index (Phi) is 6.44. The molecule has 16 heavy (non-hydrogen) atoms. The maximum atomic E-state index is 8.95. The predicted octanol–water partition coefficient (Wildman–Crippen LogP) is 2.00. The van der Waals surface area contributed by atoms with Gasteiger partial charge in [0.2, 0.25) is 0 Å². The van der Waals surface area contributed by atoms with Gasteiger partial charge in [-0.2, -0.15) is 5.26 Å².